The molecule has 0 saturated heterocycles. The highest BCUT2D eigenvalue weighted by molar-refractivity contribution is 5.25. The van der Waals surface area contributed by atoms with Gasteiger partial charge in [0, 0.05) is 13.0 Å². The molecule has 0 aliphatic heterocycles. The Hall–Kier alpha value is -1.68. The molecule has 3 unspecified atom stereocenters. The standard InChI is InChI=1S/C16H24N4/c1-5-12(2)15(13-9-7-6-8-10-13)16(17-3)14-11-18-19-20(14)4/h6-12,15-17H,5H2,1-4H3. The van der Waals surface area contributed by atoms with Gasteiger partial charge in [-0.3, -0.25) is 4.68 Å². The number of nitrogens with zero attached hydrogens (tertiary/aromatic N) is 3. The van der Waals surface area contributed by atoms with Crippen LogP contribution in [0.3, 0.4) is 0 Å². The molecule has 20 heavy (non-hydrogen) atoms. The van der Waals surface area contributed by atoms with Crippen LogP contribution in [0.4, 0.5) is 0 Å². The molecule has 2 aromatic rings. The summed E-state index contributed by atoms with van der Waals surface area (Å²) >= 11 is 0. The molecular formula is C16H24N4. The van der Waals surface area contributed by atoms with Gasteiger partial charge in [0.2, 0.25) is 0 Å². The van der Waals surface area contributed by atoms with Crippen LogP contribution in [0, 0.1) is 5.92 Å². The lowest BCUT2D eigenvalue weighted by Gasteiger charge is -2.31. The van der Waals surface area contributed by atoms with Crippen molar-refractivity contribution < 1.29 is 0 Å². The maximum Gasteiger partial charge on any atom is 0.0759 e. The van der Waals surface area contributed by atoms with Gasteiger partial charge in [-0.2, -0.15) is 0 Å². The van der Waals surface area contributed by atoms with E-state index in [9.17, 15) is 0 Å². The number of nitrogens with one attached hydrogen (secondary N) is 1. The van der Waals surface area contributed by atoms with E-state index >= 15 is 0 Å². The Morgan fingerprint density at radius 3 is 2.45 bits per heavy atom. The second kappa shape index (κ2) is 6.66. The second-order valence-corrected chi connectivity index (χ2v) is 5.37. The maximum absolute atomic E-state index is 4.07. The van der Waals surface area contributed by atoms with E-state index in [2.05, 4.69) is 59.8 Å². The van der Waals surface area contributed by atoms with Crippen LogP contribution in [-0.4, -0.2) is 22.0 Å². The molecule has 0 amide bonds. The number of benzene rings is 1. The summed E-state index contributed by atoms with van der Waals surface area (Å²) < 4.78 is 1.86. The van der Waals surface area contributed by atoms with E-state index in [1.807, 2.05) is 25.0 Å². The summed E-state index contributed by atoms with van der Waals surface area (Å²) in [6.07, 6.45) is 3.00. The number of hydrogen-bond acceptors (Lipinski definition) is 3. The summed E-state index contributed by atoms with van der Waals surface area (Å²) in [5, 5.41) is 11.6. The van der Waals surface area contributed by atoms with E-state index in [-0.39, 0.29) is 6.04 Å². The Balaban J connectivity index is 2.42. The Kier molecular flexibility index (Phi) is 4.90. The zero-order valence-electron chi connectivity index (χ0n) is 12.7. The first-order chi connectivity index (χ1) is 9.69. The lowest BCUT2D eigenvalue weighted by atomic mass is 9.79. The summed E-state index contributed by atoms with van der Waals surface area (Å²) in [6, 6.07) is 10.9. The van der Waals surface area contributed by atoms with Gasteiger partial charge in [-0.15, -0.1) is 5.10 Å². The van der Waals surface area contributed by atoms with Gasteiger partial charge in [-0.1, -0.05) is 55.8 Å². The van der Waals surface area contributed by atoms with Crippen molar-refractivity contribution >= 4 is 0 Å². The van der Waals surface area contributed by atoms with E-state index in [0.29, 0.717) is 11.8 Å². The Morgan fingerprint density at radius 1 is 1.25 bits per heavy atom. The van der Waals surface area contributed by atoms with Crippen LogP contribution in [0.5, 0.6) is 0 Å². The van der Waals surface area contributed by atoms with Crippen molar-refractivity contribution in [2.45, 2.75) is 32.2 Å². The minimum absolute atomic E-state index is 0.215. The van der Waals surface area contributed by atoms with E-state index in [0.717, 1.165) is 12.1 Å². The highest BCUT2D eigenvalue weighted by atomic mass is 15.4. The molecule has 0 fully saturated rings. The summed E-state index contributed by atoms with van der Waals surface area (Å²) in [5.41, 5.74) is 2.49. The predicted molar refractivity (Wildman–Crippen MR) is 81.4 cm³/mol. The SMILES string of the molecule is CCC(C)C(c1ccccc1)C(NC)c1cnnn1C. The van der Waals surface area contributed by atoms with Crippen molar-refractivity contribution in [2.75, 3.05) is 7.05 Å². The van der Waals surface area contributed by atoms with Gasteiger partial charge < -0.3 is 5.32 Å². The highest BCUT2D eigenvalue weighted by Crippen LogP contribution is 2.37. The van der Waals surface area contributed by atoms with E-state index in [1.54, 1.807) is 0 Å². The van der Waals surface area contributed by atoms with E-state index in [4.69, 9.17) is 0 Å². The van der Waals surface area contributed by atoms with Gasteiger partial charge in [-0.05, 0) is 18.5 Å². The first-order valence-corrected chi connectivity index (χ1v) is 7.25. The lowest BCUT2D eigenvalue weighted by molar-refractivity contribution is 0.342. The summed E-state index contributed by atoms with van der Waals surface area (Å²) in [5.74, 6) is 0.980. The van der Waals surface area contributed by atoms with Crippen molar-refractivity contribution in [2.24, 2.45) is 13.0 Å². The first-order valence-electron chi connectivity index (χ1n) is 7.25. The molecule has 1 N–H and O–H groups in total. The fourth-order valence-electron chi connectivity index (χ4n) is 2.87. The third-order valence-electron chi connectivity index (χ3n) is 4.18. The molecule has 0 spiro atoms. The maximum atomic E-state index is 4.07. The van der Waals surface area contributed by atoms with E-state index in [1.165, 1.54) is 5.56 Å². The van der Waals surface area contributed by atoms with Crippen molar-refractivity contribution in [3.63, 3.8) is 0 Å². The van der Waals surface area contributed by atoms with Crippen LogP contribution in [-0.2, 0) is 7.05 Å². The van der Waals surface area contributed by atoms with Crippen molar-refractivity contribution in [1.29, 1.82) is 0 Å². The van der Waals surface area contributed by atoms with Crippen LogP contribution >= 0.6 is 0 Å². The van der Waals surface area contributed by atoms with Crippen molar-refractivity contribution in [1.82, 2.24) is 20.3 Å². The molecule has 1 aromatic heterocycles. The molecular weight excluding hydrogens is 248 g/mol. The monoisotopic (exact) mass is 272 g/mol. The number of likely N-dealkylation sites (N-methyl/N-ethyl adjacent to an activating group) is 1. The normalized spacial score (nSPS) is 15.8. The molecule has 3 atom stereocenters. The third kappa shape index (κ3) is 2.90. The largest absolute Gasteiger partial charge is 0.311 e. The van der Waals surface area contributed by atoms with Crippen molar-refractivity contribution in [3.8, 4) is 0 Å². The van der Waals surface area contributed by atoms with Gasteiger partial charge in [0.25, 0.3) is 0 Å². The molecule has 0 bridgehead atoms. The molecule has 1 heterocycles. The average Bonchev–Trinajstić information content (AvgIpc) is 2.90. The molecule has 0 saturated carbocycles. The Morgan fingerprint density at radius 2 is 1.95 bits per heavy atom. The van der Waals surface area contributed by atoms with Crippen LogP contribution in [0.1, 0.15) is 43.5 Å². The molecule has 0 aliphatic rings. The predicted octanol–water partition coefficient (Wildman–Crippen LogP) is 2.91. The van der Waals surface area contributed by atoms with Crippen LogP contribution in [0.25, 0.3) is 0 Å². The molecule has 108 valence electrons. The average molecular weight is 272 g/mol. The smallest absolute Gasteiger partial charge is 0.0759 e. The molecule has 4 heteroatoms. The Labute approximate surface area is 121 Å². The van der Waals surface area contributed by atoms with Gasteiger partial charge in [0.1, 0.15) is 0 Å². The highest BCUT2D eigenvalue weighted by Gasteiger charge is 2.29. The molecule has 0 radical (unpaired) electrons. The van der Waals surface area contributed by atoms with Gasteiger partial charge in [0.15, 0.2) is 0 Å². The fourth-order valence-corrected chi connectivity index (χ4v) is 2.87. The van der Waals surface area contributed by atoms with Crippen molar-refractivity contribution in [3.05, 3.63) is 47.8 Å². The lowest BCUT2D eigenvalue weighted by Crippen LogP contribution is -2.29. The second-order valence-electron chi connectivity index (χ2n) is 5.37. The fraction of sp³-hybridized carbons (Fsp3) is 0.500. The minimum Gasteiger partial charge on any atom is -0.311 e. The molecule has 0 aliphatic carbocycles. The van der Waals surface area contributed by atoms with E-state index < -0.39 is 0 Å². The number of rotatable bonds is 6. The summed E-state index contributed by atoms with van der Waals surface area (Å²) in [6.45, 7) is 4.56. The number of hydrogen-bond donors (Lipinski definition) is 1. The summed E-state index contributed by atoms with van der Waals surface area (Å²) in [4.78, 5) is 0. The van der Waals surface area contributed by atoms with Gasteiger partial charge >= 0.3 is 0 Å². The quantitative estimate of drug-likeness (QED) is 0.879. The van der Waals surface area contributed by atoms with Gasteiger partial charge in [-0.25, -0.2) is 0 Å². The van der Waals surface area contributed by atoms with Gasteiger partial charge in [0.05, 0.1) is 17.9 Å². The summed E-state index contributed by atoms with van der Waals surface area (Å²) in [7, 11) is 3.96. The zero-order valence-corrected chi connectivity index (χ0v) is 12.7. The zero-order chi connectivity index (χ0) is 14.5. The van der Waals surface area contributed by atoms with Crippen LogP contribution < -0.4 is 5.32 Å². The molecule has 1 aromatic carbocycles. The minimum atomic E-state index is 0.215. The Bertz CT molecular complexity index is 520. The third-order valence-corrected chi connectivity index (χ3v) is 4.18. The number of aromatic nitrogens is 3. The van der Waals surface area contributed by atoms with Crippen LogP contribution in [0.2, 0.25) is 0 Å². The molecule has 4 nitrogen and oxygen atoms in total. The van der Waals surface area contributed by atoms with Crippen LogP contribution in [0.15, 0.2) is 36.5 Å². The first kappa shape index (κ1) is 14.7. The number of aryl methyl sites for hydroxylation is 1. The molecule has 2 rings (SSSR count). The topological polar surface area (TPSA) is 42.7 Å².